The molecule has 0 bridgehead atoms. The van der Waals surface area contributed by atoms with Gasteiger partial charge < -0.3 is 9.64 Å². The number of hydrogen-bond donors (Lipinski definition) is 0. The summed E-state index contributed by atoms with van der Waals surface area (Å²) in [7, 11) is 0. The molecule has 2 aliphatic heterocycles. The van der Waals surface area contributed by atoms with Crippen LogP contribution in [0.3, 0.4) is 0 Å². The van der Waals surface area contributed by atoms with Crippen LogP contribution in [0.5, 0.6) is 0 Å². The van der Waals surface area contributed by atoms with Crippen molar-refractivity contribution in [3.8, 4) is 0 Å². The van der Waals surface area contributed by atoms with Crippen molar-refractivity contribution >= 4 is 40.2 Å². The van der Waals surface area contributed by atoms with Crippen LogP contribution >= 0.6 is 11.3 Å². The first-order valence-electron chi connectivity index (χ1n) is 14.3. The van der Waals surface area contributed by atoms with Crippen molar-refractivity contribution in [3.63, 3.8) is 0 Å². The third kappa shape index (κ3) is 4.77. The van der Waals surface area contributed by atoms with Crippen LogP contribution in [-0.4, -0.2) is 29.6 Å². The zero-order chi connectivity index (χ0) is 30.2. The van der Waals surface area contributed by atoms with Gasteiger partial charge in [0.15, 0.2) is 4.80 Å². The lowest BCUT2D eigenvalue weighted by Crippen LogP contribution is -2.41. The largest absolute Gasteiger partial charge is 0.463 e. The number of benzene rings is 3. The van der Waals surface area contributed by atoms with Gasteiger partial charge in [0, 0.05) is 17.7 Å². The SMILES string of the molecule is C=CCN1C(=O)/C(=c2/sc3n(c2=O)[C@@H](c2ccc(C(C)C)cc2)C(C(=O)OCC)=C(c2ccccc2)N=3)c2ccccc21. The fraction of sp³-hybridized carbons (Fsp3) is 0.200. The van der Waals surface area contributed by atoms with Gasteiger partial charge in [-0.25, -0.2) is 9.79 Å². The summed E-state index contributed by atoms with van der Waals surface area (Å²) in [6.45, 7) is 10.3. The van der Waals surface area contributed by atoms with E-state index in [1.54, 1.807) is 22.5 Å². The van der Waals surface area contributed by atoms with E-state index in [4.69, 9.17) is 9.73 Å². The highest BCUT2D eigenvalue weighted by molar-refractivity contribution is 7.07. The predicted octanol–water partition coefficient (Wildman–Crippen LogP) is 4.96. The fourth-order valence-electron chi connectivity index (χ4n) is 5.68. The molecule has 0 saturated carbocycles. The molecule has 1 atom stereocenters. The first kappa shape index (κ1) is 28.3. The predicted molar refractivity (Wildman–Crippen MR) is 170 cm³/mol. The van der Waals surface area contributed by atoms with E-state index >= 15 is 0 Å². The number of ether oxygens (including phenoxy) is 1. The maximum atomic E-state index is 14.5. The molecule has 0 saturated heterocycles. The highest BCUT2D eigenvalue weighted by atomic mass is 32.1. The number of anilines is 1. The smallest absolute Gasteiger partial charge is 0.338 e. The Labute approximate surface area is 253 Å². The molecule has 0 radical (unpaired) electrons. The van der Waals surface area contributed by atoms with Crippen molar-refractivity contribution in [3.05, 3.63) is 139 Å². The van der Waals surface area contributed by atoms with E-state index in [2.05, 4.69) is 20.4 Å². The Morgan fingerprint density at radius 3 is 2.40 bits per heavy atom. The number of esters is 1. The summed E-state index contributed by atoms with van der Waals surface area (Å²) < 4.78 is 7.39. The number of fused-ring (bicyclic) bond motifs is 2. The fourth-order valence-corrected chi connectivity index (χ4v) is 6.77. The summed E-state index contributed by atoms with van der Waals surface area (Å²) in [5.74, 6) is -0.498. The van der Waals surface area contributed by atoms with Crippen LogP contribution < -0.4 is 19.8 Å². The Bertz CT molecular complexity index is 1970. The highest BCUT2D eigenvalue weighted by Crippen LogP contribution is 2.37. The van der Waals surface area contributed by atoms with Gasteiger partial charge >= 0.3 is 5.97 Å². The van der Waals surface area contributed by atoms with Crippen LogP contribution in [0.15, 0.2) is 107 Å². The minimum absolute atomic E-state index is 0.169. The summed E-state index contributed by atoms with van der Waals surface area (Å²) in [6, 6.07) is 24.0. The zero-order valence-electron chi connectivity index (χ0n) is 24.2. The molecule has 2 aliphatic rings. The minimum atomic E-state index is -0.808. The van der Waals surface area contributed by atoms with Crippen molar-refractivity contribution in [2.75, 3.05) is 18.1 Å². The molecule has 6 rings (SSSR count). The Kier molecular flexibility index (Phi) is 7.54. The molecule has 3 aromatic carbocycles. The Morgan fingerprint density at radius 1 is 1.02 bits per heavy atom. The molecule has 0 fully saturated rings. The molecule has 1 aromatic heterocycles. The Hall–Kier alpha value is -4.82. The molecule has 216 valence electrons. The van der Waals surface area contributed by atoms with Crippen LogP contribution in [0.25, 0.3) is 11.3 Å². The zero-order valence-corrected chi connectivity index (χ0v) is 25.1. The number of carbonyl (C=O) groups is 2. The second kappa shape index (κ2) is 11.5. The van der Waals surface area contributed by atoms with Gasteiger partial charge in [-0.3, -0.25) is 14.2 Å². The van der Waals surface area contributed by atoms with Crippen LogP contribution in [0.4, 0.5) is 5.69 Å². The molecule has 7 nitrogen and oxygen atoms in total. The quantitative estimate of drug-likeness (QED) is 0.225. The maximum absolute atomic E-state index is 14.5. The van der Waals surface area contributed by atoms with E-state index in [1.165, 1.54) is 11.3 Å². The summed E-state index contributed by atoms with van der Waals surface area (Å²) in [5.41, 5.74) is 4.71. The van der Waals surface area contributed by atoms with Gasteiger partial charge in [-0.2, -0.15) is 0 Å². The number of nitrogens with zero attached hydrogens (tertiary/aromatic N) is 3. The van der Waals surface area contributed by atoms with Crippen LogP contribution in [0.2, 0.25) is 0 Å². The van der Waals surface area contributed by atoms with E-state index in [-0.39, 0.29) is 28.2 Å². The maximum Gasteiger partial charge on any atom is 0.338 e. The standard InChI is InChI=1S/C35H31N3O4S/c1-5-20-37-26-15-11-10-14-25(26)27(32(37)39)31-33(40)38-30(24-18-16-22(17-19-24)21(3)4)28(34(41)42-6-2)29(36-35(38)43-31)23-12-8-7-9-13-23/h5,7-19,21,30H,1,6,20H2,2-4H3/b31-27+/t30-/m0/s1. The van der Waals surface area contributed by atoms with Crippen molar-refractivity contribution < 1.29 is 14.3 Å². The third-order valence-corrected chi connectivity index (χ3v) is 8.78. The number of rotatable bonds is 7. The van der Waals surface area contributed by atoms with Gasteiger partial charge in [0.05, 0.1) is 35.2 Å². The van der Waals surface area contributed by atoms with E-state index in [9.17, 15) is 14.4 Å². The minimum Gasteiger partial charge on any atom is -0.463 e. The molecule has 1 amide bonds. The first-order valence-corrected chi connectivity index (χ1v) is 15.1. The number of para-hydroxylation sites is 1. The molecule has 0 aliphatic carbocycles. The lowest BCUT2D eigenvalue weighted by Gasteiger charge is -2.26. The second-order valence-electron chi connectivity index (χ2n) is 10.7. The number of carbonyl (C=O) groups excluding carboxylic acids is 2. The first-order chi connectivity index (χ1) is 20.8. The lowest BCUT2D eigenvalue weighted by atomic mass is 9.91. The summed E-state index contributed by atoms with van der Waals surface area (Å²) in [6.07, 6.45) is 1.66. The highest BCUT2D eigenvalue weighted by Gasteiger charge is 2.38. The Morgan fingerprint density at radius 2 is 1.72 bits per heavy atom. The van der Waals surface area contributed by atoms with Gasteiger partial charge in [0.25, 0.3) is 11.5 Å². The number of hydrogen-bond acceptors (Lipinski definition) is 6. The topological polar surface area (TPSA) is 81.0 Å². The van der Waals surface area contributed by atoms with E-state index in [0.29, 0.717) is 34.1 Å². The molecular formula is C35H31N3O4S. The van der Waals surface area contributed by atoms with Gasteiger partial charge in [-0.1, -0.05) is 104 Å². The summed E-state index contributed by atoms with van der Waals surface area (Å²) in [5, 5.41) is 0. The molecule has 0 N–H and O–H groups in total. The van der Waals surface area contributed by atoms with Crippen LogP contribution in [0.1, 0.15) is 55.0 Å². The van der Waals surface area contributed by atoms with Gasteiger partial charge in [-0.05, 0) is 30.0 Å². The summed E-state index contributed by atoms with van der Waals surface area (Å²) >= 11 is 1.17. The summed E-state index contributed by atoms with van der Waals surface area (Å²) in [4.78, 5) is 48.9. The Balaban J connectivity index is 1.69. The molecular weight excluding hydrogens is 558 g/mol. The number of aromatic nitrogens is 1. The number of amides is 1. The molecule has 3 heterocycles. The van der Waals surface area contributed by atoms with Crippen molar-refractivity contribution in [2.24, 2.45) is 4.99 Å². The molecule has 0 unspecified atom stereocenters. The average Bonchev–Trinajstić information content (AvgIpc) is 3.49. The van der Waals surface area contributed by atoms with Gasteiger partial charge in [0.1, 0.15) is 4.53 Å². The monoisotopic (exact) mass is 589 g/mol. The van der Waals surface area contributed by atoms with E-state index < -0.39 is 12.0 Å². The molecule has 8 heteroatoms. The van der Waals surface area contributed by atoms with Crippen molar-refractivity contribution in [1.82, 2.24) is 4.57 Å². The lowest BCUT2D eigenvalue weighted by molar-refractivity contribution is -0.138. The normalized spacial score (nSPS) is 17.1. The third-order valence-electron chi connectivity index (χ3n) is 7.73. The molecule has 0 spiro atoms. The van der Waals surface area contributed by atoms with Crippen LogP contribution in [0, 0.1) is 0 Å². The van der Waals surface area contributed by atoms with Gasteiger partial charge in [-0.15, -0.1) is 6.58 Å². The number of thiazole rings is 1. The second-order valence-corrected chi connectivity index (χ2v) is 11.6. The average molecular weight is 590 g/mol. The van der Waals surface area contributed by atoms with E-state index in [0.717, 1.165) is 22.4 Å². The van der Waals surface area contributed by atoms with Crippen molar-refractivity contribution in [2.45, 2.75) is 32.7 Å². The van der Waals surface area contributed by atoms with Gasteiger partial charge in [0.2, 0.25) is 0 Å². The van der Waals surface area contributed by atoms with E-state index in [1.807, 2.05) is 78.9 Å². The molecule has 43 heavy (non-hydrogen) atoms. The van der Waals surface area contributed by atoms with Crippen LogP contribution in [-0.2, 0) is 14.3 Å². The molecule has 4 aromatic rings. The van der Waals surface area contributed by atoms with Crippen molar-refractivity contribution in [1.29, 1.82) is 0 Å².